The molecule has 0 radical (unpaired) electrons. The lowest BCUT2D eigenvalue weighted by Gasteiger charge is -2.28. The smallest absolute Gasteiger partial charge is 0.326 e. The Morgan fingerprint density at radius 1 is 0.319 bits per heavy atom. The zero-order chi connectivity index (χ0) is 80.5. The molecule has 0 unspecified atom stereocenters. The van der Waals surface area contributed by atoms with Crippen LogP contribution in [0.3, 0.4) is 0 Å². The number of benzene rings is 5. The van der Waals surface area contributed by atoms with Gasteiger partial charge in [-0.2, -0.15) is 0 Å². The summed E-state index contributed by atoms with van der Waals surface area (Å²) in [5.41, 5.74) is 35.4. The van der Waals surface area contributed by atoms with Gasteiger partial charge in [0.1, 0.15) is 48.3 Å². The Morgan fingerprint density at radius 3 is 0.823 bits per heavy atom. The molecule has 10 aromatic rings. The van der Waals surface area contributed by atoms with Gasteiger partial charge in [-0.05, 0) is 122 Å². The Hall–Kier alpha value is -13.2. The summed E-state index contributed by atoms with van der Waals surface area (Å²) in [6.45, 7) is 0.690. The fourth-order valence-electron chi connectivity index (χ4n) is 13.9. The van der Waals surface area contributed by atoms with Crippen molar-refractivity contribution >= 4 is 126 Å². The number of rotatable bonds is 43. The number of carboxylic acids is 1. The van der Waals surface area contributed by atoms with E-state index in [-0.39, 0.29) is 115 Å². The number of unbranched alkanes of at least 4 members (excludes halogenated alkanes) is 1. The average molecular weight is 1550 g/mol. The van der Waals surface area contributed by atoms with E-state index in [1.807, 2.05) is 97.1 Å². The number of aromatic nitrogens is 5. The van der Waals surface area contributed by atoms with E-state index >= 15 is 24.0 Å². The van der Waals surface area contributed by atoms with Crippen molar-refractivity contribution in [2.24, 2.45) is 28.7 Å². The van der Waals surface area contributed by atoms with Gasteiger partial charge in [-0.1, -0.05) is 91.0 Å². The summed E-state index contributed by atoms with van der Waals surface area (Å²) in [7, 11) is 0. The summed E-state index contributed by atoms with van der Waals surface area (Å²) < 4.78 is 0. The van der Waals surface area contributed by atoms with Crippen LogP contribution in [0.2, 0.25) is 0 Å². The molecule has 113 heavy (non-hydrogen) atoms. The third-order valence-electron chi connectivity index (χ3n) is 19.8. The van der Waals surface area contributed by atoms with Crippen molar-refractivity contribution in [1.29, 1.82) is 16.2 Å². The molecule has 5 aromatic heterocycles. The van der Waals surface area contributed by atoms with Crippen molar-refractivity contribution in [3.8, 4) is 0 Å². The maximum Gasteiger partial charge on any atom is 0.326 e. The minimum Gasteiger partial charge on any atom is -0.480 e. The van der Waals surface area contributed by atoms with Crippen LogP contribution in [0.15, 0.2) is 152 Å². The lowest BCUT2D eigenvalue weighted by molar-refractivity contribution is -0.142. The molecule has 0 aliphatic heterocycles. The number of aromatic amines is 5. The normalized spacial score (nSPS) is 13.8. The highest BCUT2D eigenvalue weighted by Gasteiger charge is 2.37. The monoisotopic (exact) mass is 1540 g/mol. The number of carboxylic acid groups (broad SMARTS) is 1. The highest BCUT2D eigenvalue weighted by molar-refractivity contribution is 6.00. The van der Waals surface area contributed by atoms with E-state index in [2.05, 4.69) is 83.4 Å². The van der Waals surface area contributed by atoms with E-state index in [0.29, 0.717) is 79.8 Å². The number of hydrogen-bond acceptors (Lipinski definition) is 14. The molecule has 0 aliphatic carbocycles. The number of para-hydroxylation sites is 5. The van der Waals surface area contributed by atoms with Crippen LogP contribution >= 0.6 is 0 Å². The predicted octanol–water partition coefficient (Wildman–Crippen LogP) is 1.82. The van der Waals surface area contributed by atoms with Crippen molar-refractivity contribution < 1.29 is 48.3 Å². The molecule has 0 aliphatic rings. The van der Waals surface area contributed by atoms with E-state index in [0.717, 1.165) is 21.8 Å². The van der Waals surface area contributed by atoms with Gasteiger partial charge in [0.25, 0.3) is 0 Å². The number of aliphatic carboxylic acids is 1. The molecule has 0 saturated carbocycles. The Morgan fingerprint density at radius 2 is 0.549 bits per heavy atom. The van der Waals surface area contributed by atoms with Gasteiger partial charge in [0.2, 0.25) is 47.3 Å². The number of amides is 8. The molecule has 34 heteroatoms. The topological polar surface area (TPSA) is 587 Å². The highest BCUT2D eigenvalue weighted by Crippen LogP contribution is 2.26. The van der Waals surface area contributed by atoms with Crippen LogP contribution in [0.25, 0.3) is 54.5 Å². The minimum absolute atomic E-state index is 0.000713. The fraction of sp³-hybridized carbons (Fsp3) is 0.342. The molecule has 0 spiro atoms. The molecule has 34 nitrogen and oxygen atoms in total. The van der Waals surface area contributed by atoms with Crippen LogP contribution in [0, 0.1) is 16.2 Å². The summed E-state index contributed by atoms with van der Waals surface area (Å²) in [5.74, 6) is -8.88. The Labute approximate surface area is 649 Å². The maximum atomic E-state index is 15.9. The van der Waals surface area contributed by atoms with E-state index in [1.54, 1.807) is 55.2 Å². The van der Waals surface area contributed by atoms with Gasteiger partial charge in [-0.25, -0.2) is 4.79 Å². The van der Waals surface area contributed by atoms with Gasteiger partial charge in [-0.15, -0.1) is 0 Å². The Balaban J connectivity index is 0.965. The standard InChI is InChI=1S/C79H100N24O10/c80-30-12-11-27-60(97-69(105)61(28-14-32-89-78(84)85)96-68(104)54(81)21-13-31-88-77(82)83)70(106)99-64(35-45-40-92-56-23-7-2-17-50(45)56)73(109)102-65(36-46-41-93-57-24-8-3-18-51(46)57)74(110)101-63(34-44-39-91-55-22-6-1-16-49(44)55)72(108)98-62(29-15-33-90-79(86)87)71(107)100-66(37-47-42-94-58-25-9-4-19-52(47)58)75(111)103-67(76(112)113)38-48-43-95-59-26-10-5-20-53(48)59/h1-10,16-20,22-26,39-43,54,60-67,91-95H,11-15,21,27-38,80-81H2,(H,96,104)(H,97,105)(H,98,108)(H,99,106)(H,100,107)(H,101,110)(H,102,109)(H,103,111)(H,112,113)(H4,82,83,88)(H4,84,85,89)(H4,86,87,90)/t54-,60-,61-,62-,63-,64-,65-,66-,67-/m0/s1. The third kappa shape index (κ3) is 22.9. The first-order valence-electron chi connectivity index (χ1n) is 37.6. The number of fused-ring (bicyclic) bond motifs is 5. The Kier molecular flexibility index (Phi) is 29.1. The van der Waals surface area contributed by atoms with Gasteiger partial charge in [-0.3, -0.25) is 54.6 Å². The van der Waals surface area contributed by atoms with Crippen molar-refractivity contribution in [3.63, 3.8) is 0 Å². The van der Waals surface area contributed by atoms with Crippen molar-refractivity contribution in [2.45, 2.75) is 144 Å². The molecule has 30 N–H and O–H groups in total. The van der Waals surface area contributed by atoms with Crippen LogP contribution in [0.5, 0.6) is 0 Å². The lowest BCUT2D eigenvalue weighted by atomic mass is 9.99. The Bertz CT molecular complexity index is 5020. The fourth-order valence-corrected chi connectivity index (χ4v) is 13.9. The highest BCUT2D eigenvalue weighted by atomic mass is 16.4. The number of guanidine groups is 3. The number of nitrogens with one attached hydrogen (secondary N) is 19. The molecule has 596 valence electrons. The molecular weight excluding hydrogens is 1450 g/mol. The molecule has 0 bridgehead atoms. The first kappa shape index (κ1) is 82.3. The summed E-state index contributed by atoms with van der Waals surface area (Å²) in [5, 5.41) is 68.0. The van der Waals surface area contributed by atoms with Crippen molar-refractivity contribution in [3.05, 3.63) is 180 Å². The first-order valence-corrected chi connectivity index (χ1v) is 37.6. The number of carbonyl (C=O) groups is 9. The van der Waals surface area contributed by atoms with E-state index in [1.165, 1.54) is 0 Å². The van der Waals surface area contributed by atoms with Crippen molar-refractivity contribution in [1.82, 2.24) is 83.4 Å². The summed E-state index contributed by atoms with van der Waals surface area (Å²) in [4.78, 5) is 150. The quantitative estimate of drug-likeness (QED) is 0.0147. The van der Waals surface area contributed by atoms with E-state index < -0.39 is 108 Å². The predicted molar refractivity (Wildman–Crippen MR) is 431 cm³/mol. The minimum atomic E-state index is -1.55. The SMILES string of the molecule is N=C(N)NCCC[C@H](NC(=O)[C@H](Cc1c[nH]c2ccccc12)NC(=O)[C@H](Cc1c[nH]c2ccccc12)NC(=O)[C@H](Cc1c[nH]c2ccccc12)NC(=O)[C@H](CCCCN)NC(=O)[C@H](CCCNC(=N)N)NC(=O)[C@@H](N)CCCNC(=N)N)C(=O)N[C@@H](Cc1c[nH]c2ccccc12)C(=O)N[C@@H](Cc1c[nH]c2ccccc12)C(=O)O. The summed E-state index contributed by atoms with van der Waals surface area (Å²) in [6, 6.07) is 23.7. The first-order chi connectivity index (χ1) is 54.5. The zero-order valence-corrected chi connectivity index (χ0v) is 62.4. The van der Waals surface area contributed by atoms with Gasteiger partial charge in [0, 0.05) is 137 Å². The zero-order valence-electron chi connectivity index (χ0n) is 62.4. The number of nitrogens with two attached hydrogens (primary N) is 5. The van der Waals surface area contributed by atoms with Gasteiger partial charge >= 0.3 is 5.97 Å². The number of carbonyl (C=O) groups excluding carboxylic acids is 8. The van der Waals surface area contributed by atoms with E-state index in [9.17, 15) is 24.3 Å². The van der Waals surface area contributed by atoms with Crippen LogP contribution in [0.4, 0.5) is 0 Å². The second-order valence-electron chi connectivity index (χ2n) is 28.0. The molecule has 0 fully saturated rings. The largest absolute Gasteiger partial charge is 0.480 e. The lowest BCUT2D eigenvalue weighted by Crippen LogP contribution is -2.61. The third-order valence-corrected chi connectivity index (χ3v) is 19.8. The molecule has 9 atom stereocenters. The summed E-state index contributed by atoms with van der Waals surface area (Å²) in [6.07, 6.45) is 8.98. The number of H-pyrrole nitrogens is 5. The van der Waals surface area contributed by atoms with Gasteiger partial charge < -0.3 is 117 Å². The second-order valence-corrected chi connectivity index (χ2v) is 28.0. The summed E-state index contributed by atoms with van der Waals surface area (Å²) >= 11 is 0. The molecule has 5 heterocycles. The van der Waals surface area contributed by atoms with Crippen LogP contribution in [-0.2, 0) is 75.3 Å². The number of hydrogen-bond donors (Lipinski definition) is 25. The molecule has 0 saturated heterocycles. The van der Waals surface area contributed by atoms with Crippen molar-refractivity contribution in [2.75, 3.05) is 26.2 Å². The second kappa shape index (κ2) is 39.9. The van der Waals surface area contributed by atoms with E-state index in [4.69, 9.17) is 44.9 Å². The molecule has 10 rings (SSSR count). The van der Waals surface area contributed by atoms with Gasteiger partial charge in [0.15, 0.2) is 17.9 Å². The molecule has 5 aromatic carbocycles. The molecule has 8 amide bonds. The van der Waals surface area contributed by atoms with Crippen LogP contribution in [0.1, 0.15) is 85.6 Å². The maximum absolute atomic E-state index is 15.9. The van der Waals surface area contributed by atoms with Crippen LogP contribution in [-0.4, -0.2) is 182 Å². The average Bonchev–Trinajstić information content (AvgIpc) is 1.74. The van der Waals surface area contributed by atoms with Gasteiger partial charge in [0.05, 0.1) is 6.04 Å². The van der Waals surface area contributed by atoms with Crippen LogP contribution < -0.4 is 87.2 Å². The molecular formula is C79H100N24O10.